The minimum atomic E-state index is 0.450. The molecule has 2 aliphatic heterocycles. The van der Waals surface area contributed by atoms with Crippen molar-refractivity contribution in [1.82, 2.24) is 4.90 Å². The Morgan fingerprint density at radius 2 is 2.08 bits per heavy atom. The lowest BCUT2D eigenvalue weighted by atomic mass is 10.0. The van der Waals surface area contributed by atoms with Crippen LogP contribution in [0.1, 0.15) is 39.0 Å². The van der Waals surface area contributed by atoms with Gasteiger partial charge in [0.25, 0.3) is 0 Å². The Hall–Kier alpha value is -1.95. The lowest BCUT2D eigenvalue weighted by Gasteiger charge is -2.30. The number of benzene rings is 1. The third-order valence-electron chi connectivity index (χ3n) is 4.93. The van der Waals surface area contributed by atoms with Crippen molar-refractivity contribution < 1.29 is 9.47 Å². The molecular formula is C20H32N4O2. The number of likely N-dealkylation sites (tertiary alicyclic amines) is 1. The van der Waals surface area contributed by atoms with Gasteiger partial charge < -0.3 is 25.4 Å². The van der Waals surface area contributed by atoms with E-state index < -0.39 is 0 Å². The van der Waals surface area contributed by atoms with Crippen LogP contribution in [0.3, 0.4) is 0 Å². The molecule has 2 heterocycles. The van der Waals surface area contributed by atoms with Gasteiger partial charge in [-0.05, 0) is 56.8 Å². The van der Waals surface area contributed by atoms with Gasteiger partial charge >= 0.3 is 0 Å². The minimum Gasteiger partial charge on any atom is -0.490 e. The summed E-state index contributed by atoms with van der Waals surface area (Å²) < 4.78 is 11.3. The van der Waals surface area contributed by atoms with Crippen LogP contribution in [0, 0.1) is 5.92 Å². The maximum absolute atomic E-state index is 6.01. The van der Waals surface area contributed by atoms with Crippen LogP contribution in [-0.2, 0) is 0 Å². The summed E-state index contributed by atoms with van der Waals surface area (Å²) >= 11 is 0. The molecule has 3 rings (SSSR count). The number of unbranched alkanes of at least 4 members (excludes halogenated alkanes) is 1. The van der Waals surface area contributed by atoms with Crippen molar-refractivity contribution in [3.63, 3.8) is 0 Å². The van der Waals surface area contributed by atoms with Gasteiger partial charge in [-0.3, -0.25) is 4.99 Å². The fraction of sp³-hybridized carbons (Fsp3) is 0.650. The number of nitrogens with one attached hydrogen (secondary N) is 1. The van der Waals surface area contributed by atoms with Crippen LogP contribution in [0.25, 0.3) is 0 Å². The summed E-state index contributed by atoms with van der Waals surface area (Å²) in [5, 5.41) is 3.14. The van der Waals surface area contributed by atoms with Gasteiger partial charge in [-0.25, -0.2) is 0 Å². The number of hydrogen-bond acceptors (Lipinski definition) is 4. The quantitative estimate of drug-likeness (QED) is 0.463. The second kappa shape index (κ2) is 9.67. The Balaban J connectivity index is 1.39. The first-order valence-electron chi connectivity index (χ1n) is 9.89. The monoisotopic (exact) mass is 360 g/mol. The van der Waals surface area contributed by atoms with Gasteiger partial charge in [-0.1, -0.05) is 6.92 Å². The van der Waals surface area contributed by atoms with Crippen LogP contribution in [0.2, 0.25) is 0 Å². The molecule has 144 valence electrons. The SMILES string of the molecule is CC1CCCN(CCCCN=C(N)Nc2ccc3c(c2)OCCCO3)C1. The zero-order chi connectivity index (χ0) is 18.2. The lowest BCUT2D eigenvalue weighted by molar-refractivity contribution is 0.181. The molecule has 1 saturated heterocycles. The number of ether oxygens (including phenoxy) is 2. The van der Waals surface area contributed by atoms with Crippen molar-refractivity contribution in [2.24, 2.45) is 16.6 Å². The molecule has 6 heteroatoms. The van der Waals surface area contributed by atoms with Gasteiger partial charge in [0.05, 0.1) is 13.2 Å². The average Bonchev–Trinajstić information content (AvgIpc) is 2.86. The first-order valence-corrected chi connectivity index (χ1v) is 9.89. The topological polar surface area (TPSA) is 72.1 Å². The highest BCUT2D eigenvalue weighted by atomic mass is 16.5. The first-order chi connectivity index (χ1) is 12.7. The molecule has 2 aliphatic rings. The molecule has 0 spiro atoms. The van der Waals surface area contributed by atoms with Gasteiger partial charge in [0.2, 0.25) is 0 Å². The van der Waals surface area contributed by atoms with Crippen LogP contribution in [-0.4, -0.2) is 50.3 Å². The summed E-state index contributed by atoms with van der Waals surface area (Å²) in [4.78, 5) is 7.02. The molecule has 0 radical (unpaired) electrons. The Bertz CT molecular complexity index is 605. The second-order valence-corrected chi connectivity index (χ2v) is 7.36. The van der Waals surface area contributed by atoms with Gasteiger partial charge in [-0.2, -0.15) is 0 Å². The van der Waals surface area contributed by atoms with E-state index >= 15 is 0 Å². The number of hydrogen-bond donors (Lipinski definition) is 2. The van der Waals surface area contributed by atoms with Crippen molar-refractivity contribution in [2.75, 3.05) is 44.7 Å². The molecule has 0 saturated carbocycles. The van der Waals surface area contributed by atoms with Crippen molar-refractivity contribution in [2.45, 2.75) is 39.0 Å². The average molecular weight is 361 g/mol. The van der Waals surface area contributed by atoms with Gasteiger partial charge in [-0.15, -0.1) is 0 Å². The van der Waals surface area contributed by atoms with E-state index in [2.05, 4.69) is 22.1 Å². The zero-order valence-electron chi connectivity index (χ0n) is 15.9. The van der Waals surface area contributed by atoms with Gasteiger partial charge in [0.1, 0.15) is 0 Å². The van der Waals surface area contributed by atoms with E-state index in [1.54, 1.807) is 0 Å². The lowest BCUT2D eigenvalue weighted by Crippen LogP contribution is -2.35. The van der Waals surface area contributed by atoms with Crippen LogP contribution in [0.15, 0.2) is 23.2 Å². The standard InChI is InChI=1S/C20H32N4O2/c1-16-6-4-11-24(15-16)10-3-2-9-22-20(21)23-17-7-8-18-19(14-17)26-13-5-12-25-18/h7-8,14,16H,2-6,9-13,15H2,1H3,(H3,21,22,23). The van der Waals surface area contributed by atoms with Gasteiger partial charge in [0.15, 0.2) is 17.5 Å². The third kappa shape index (κ3) is 5.80. The summed E-state index contributed by atoms with van der Waals surface area (Å²) in [7, 11) is 0. The molecule has 0 amide bonds. The van der Waals surface area contributed by atoms with E-state index in [-0.39, 0.29) is 0 Å². The normalized spacial score (nSPS) is 21.3. The number of aliphatic imine (C=N–C) groups is 1. The number of guanidine groups is 1. The molecule has 1 fully saturated rings. The molecule has 6 nitrogen and oxygen atoms in total. The highest BCUT2D eigenvalue weighted by molar-refractivity contribution is 5.92. The number of piperidine rings is 1. The van der Waals surface area contributed by atoms with Gasteiger partial charge in [0, 0.05) is 31.3 Å². The molecule has 0 aromatic heterocycles. The molecule has 0 aliphatic carbocycles. The Kier molecular flexibility index (Phi) is 7.00. The highest BCUT2D eigenvalue weighted by Crippen LogP contribution is 2.32. The van der Waals surface area contributed by atoms with Crippen LogP contribution >= 0.6 is 0 Å². The van der Waals surface area contributed by atoms with E-state index in [0.29, 0.717) is 19.2 Å². The van der Waals surface area contributed by atoms with Crippen molar-refractivity contribution in [3.05, 3.63) is 18.2 Å². The molecule has 1 aromatic rings. The molecular weight excluding hydrogens is 328 g/mol. The number of rotatable bonds is 6. The fourth-order valence-corrected chi connectivity index (χ4v) is 3.56. The Labute approximate surface area is 156 Å². The summed E-state index contributed by atoms with van der Waals surface area (Å²) in [5.74, 6) is 2.84. The predicted octanol–water partition coefficient (Wildman–Crippen LogP) is 3.09. The maximum atomic E-state index is 6.01. The molecule has 1 atom stereocenters. The fourth-order valence-electron chi connectivity index (χ4n) is 3.56. The highest BCUT2D eigenvalue weighted by Gasteiger charge is 2.15. The van der Waals surface area contributed by atoms with Crippen LogP contribution in [0.5, 0.6) is 11.5 Å². The molecule has 3 N–H and O–H groups in total. The molecule has 26 heavy (non-hydrogen) atoms. The van der Waals surface area contributed by atoms with Crippen molar-refractivity contribution in [1.29, 1.82) is 0 Å². The van der Waals surface area contributed by atoms with E-state index in [1.165, 1.54) is 38.9 Å². The predicted molar refractivity (Wildman–Crippen MR) is 106 cm³/mol. The third-order valence-corrected chi connectivity index (χ3v) is 4.93. The second-order valence-electron chi connectivity index (χ2n) is 7.36. The number of nitrogens with zero attached hydrogens (tertiary/aromatic N) is 2. The summed E-state index contributed by atoms with van der Waals surface area (Å²) in [6, 6.07) is 5.77. The maximum Gasteiger partial charge on any atom is 0.193 e. The molecule has 0 bridgehead atoms. The number of fused-ring (bicyclic) bond motifs is 1. The zero-order valence-corrected chi connectivity index (χ0v) is 15.9. The first kappa shape index (κ1) is 18.8. The Morgan fingerprint density at radius 3 is 2.92 bits per heavy atom. The van der Waals surface area contributed by atoms with Crippen molar-refractivity contribution in [3.8, 4) is 11.5 Å². The molecule has 1 unspecified atom stereocenters. The minimum absolute atomic E-state index is 0.450. The number of anilines is 1. The summed E-state index contributed by atoms with van der Waals surface area (Å²) in [6.45, 7) is 8.15. The smallest absolute Gasteiger partial charge is 0.193 e. The van der Waals surface area contributed by atoms with Crippen LogP contribution in [0.4, 0.5) is 5.69 Å². The summed E-state index contributed by atoms with van der Waals surface area (Å²) in [5.41, 5.74) is 6.89. The van der Waals surface area contributed by atoms with E-state index in [0.717, 1.165) is 42.5 Å². The Morgan fingerprint density at radius 1 is 1.23 bits per heavy atom. The van der Waals surface area contributed by atoms with E-state index in [4.69, 9.17) is 15.2 Å². The van der Waals surface area contributed by atoms with E-state index in [9.17, 15) is 0 Å². The van der Waals surface area contributed by atoms with Crippen molar-refractivity contribution >= 4 is 11.6 Å². The summed E-state index contributed by atoms with van der Waals surface area (Å²) in [6.07, 6.45) is 5.86. The number of nitrogens with two attached hydrogens (primary N) is 1. The molecule has 1 aromatic carbocycles. The van der Waals surface area contributed by atoms with E-state index in [1.807, 2.05) is 18.2 Å². The van der Waals surface area contributed by atoms with Crippen LogP contribution < -0.4 is 20.5 Å². The largest absolute Gasteiger partial charge is 0.490 e.